The molecule has 2 rings (SSSR count). The number of amides is 1. The van der Waals surface area contributed by atoms with E-state index in [0.717, 1.165) is 29.6 Å². The predicted octanol–water partition coefficient (Wildman–Crippen LogP) is 1.81. The maximum atomic E-state index is 11.1. The van der Waals surface area contributed by atoms with E-state index in [9.17, 15) is 4.79 Å². The smallest absolute Gasteiger partial charge is 0.233 e. The van der Waals surface area contributed by atoms with E-state index in [1.807, 2.05) is 31.3 Å². The highest BCUT2D eigenvalue weighted by Crippen LogP contribution is 2.26. The van der Waals surface area contributed by atoms with Gasteiger partial charge in [0.25, 0.3) is 0 Å². The zero-order valence-corrected chi connectivity index (χ0v) is 11.1. The third-order valence-electron chi connectivity index (χ3n) is 3.04. The number of aryl methyl sites for hydroxylation is 1. The van der Waals surface area contributed by atoms with Gasteiger partial charge in [-0.1, -0.05) is 6.07 Å². The predicted molar refractivity (Wildman–Crippen MR) is 74.7 cm³/mol. The standard InChI is InChI=1S/C14H19N3O2/c1-2-19-13-6-3-5-12-11(13)8-10-17(12)9-4-7-14(18)16-15/h3,5-6,8,10H,2,4,7,9,15H2,1H3,(H,16,18). The molecule has 0 fully saturated rings. The first-order chi connectivity index (χ1) is 9.26. The number of ether oxygens (including phenoxy) is 1. The minimum Gasteiger partial charge on any atom is -0.493 e. The van der Waals surface area contributed by atoms with Crippen molar-refractivity contribution in [2.45, 2.75) is 26.3 Å². The minimum atomic E-state index is -0.133. The maximum absolute atomic E-state index is 11.1. The Morgan fingerprint density at radius 3 is 3.00 bits per heavy atom. The van der Waals surface area contributed by atoms with Crippen LogP contribution in [0.1, 0.15) is 19.8 Å². The second-order valence-electron chi connectivity index (χ2n) is 4.30. The SMILES string of the molecule is CCOc1cccc2c1ccn2CCCC(=O)NN. The highest BCUT2D eigenvalue weighted by Gasteiger charge is 2.06. The number of hydrogen-bond acceptors (Lipinski definition) is 3. The van der Waals surface area contributed by atoms with E-state index >= 15 is 0 Å². The lowest BCUT2D eigenvalue weighted by Gasteiger charge is -2.07. The molecule has 0 saturated heterocycles. The summed E-state index contributed by atoms with van der Waals surface area (Å²) in [4.78, 5) is 11.1. The van der Waals surface area contributed by atoms with Crippen molar-refractivity contribution in [3.8, 4) is 5.75 Å². The molecule has 102 valence electrons. The average molecular weight is 261 g/mol. The van der Waals surface area contributed by atoms with Crippen molar-refractivity contribution in [3.05, 3.63) is 30.5 Å². The van der Waals surface area contributed by atoms with Crippen LogP contribution in [-0.2, 0) is 11.3 Å². The van der Waals surface area contributed by atoms with Crippen LogP contribution in [0.2, 0.25) is 0 Å². The molecule has 1 aromatic carbocycles. The van der Waals surface area contributed by atoms with Crippen molar-refractivity contribution < 1.29 is 9.53 Å². The lowest BCUT2D eigenvalue weighted by molar-refractivity contribution is -0.121. The van der Waals surface area contributed by atoms with Gasteiger partial charge in [-0.25, -0.2) is 5.84 Å². The highest BCUT2D eigenvalue weighted by atomic mass is 16.5. The van der Waals surface area contributed by atoms with Crippen LogP contribution in [0.15, 0.2) is 30.5 Å². The van der Waals surface area contributed by atoms with Crippen molar-refractivity contribution in [2.75, 3.05) is 6.61 Å². The van der Waals surface area contributed by atoms with Gasteiger partial charge in [0.2, 0.25) is 5.91 Å². The number of carbonyl (C=O) groups excluding carboxylic acids is 1. The molecule has 1 amide bonds. The van der Waals surface area contributed by atoms with Crippen molar-refractivity contribution >= 4 is 16.8 Å². The summed E-state index contributed by atoms with van der Waals surface area (Å²) < 4.78 is 7.73. The van der Waals surface area contributed by atoms with Crippen LogP contribution in [0.5, 0.6) is 5.75 Å². The largest absolute Gasteiger partial charge is 0.493 e. The molecule has 0 aliphatic carbocycles. The van der Waals surface area contributed by atoms with Gasteiger partial charge in [0.05, 0.1) is 12.1 Å². The number of benzene rings is 1. The van der Waals surface area contributed by atoms with E-state index in [2.05, 4.69) is 16.1 Å². The molecular weight excluding hydrogens is 242 g/mol. The normalized spacial score (nSPS) is 10.6. The quantitative estimate of drug-likeness (QED) is 0.473. The summed E-state index contributed by atoms with van der Waals surface area (Å²) in [5.41, 5.74) is 3.26. The molecule has 0 aliphatic heterocycles. The summed E-state index contributed by atoms with van der Waals surface area (Å²) in [7, 11) is 0. The summed E-state index contributed by atoms with van der Waals surface area (Å²) in [5.74, 6) is 5.82. The second-order valence-corrected chi connectivity index (χ2v) is 4.30. The fourth-order valence-electron chi connectivity index (χ4n) is 2.15. The van der Waals surface area contributed by atoms with E-state index in [1.54, 1.807) is 0 Å². The van der Waals surface area contributed by atoms with Crippen molar-refractivity contribution in [1.82, 2.24) is 9.99 Å². The number of carbonyl (C=O) groups is 1. The van der Waals surface area contributed by atoms with Crippen LogP contribution in [-0.4, -0.2) is 17.1 Å². The maximum Gasteiger partial charge on any atom is 0.233 e. The Hall–Kier alpha value is -2.01. The van der Waals surface area contributed by atoms with Crippen LogP contribution in [0.25, 0.3) is 10.9 Å². The van der Waals surface area contributed by atoms with Gasteiger partial charge in [0.15, 0.2) is 0 Å². The topological polar surface area (TPSA) is 69.3 Å². The van der Waals surface area contributed by atoms with E-state index in [0.29, 0.717) is 13.0 Å². The van der Waals surface area contributed by atoms with Crippen LogP contribution < -0.4 is 16.0 Å². The van der Waals surface area contributed by atoms with E-state index in [-0.39, 0.29) is 5.91 Å². The van der Waals surface area contributed by atoms with Crippen molar-refractivity contribution in [2.24, 2.45) is 5.84 Å². The van der Waals surface area contributed by atoms with Gasteiger partial charge in [-0.2, -0.15) is 0 Å². The van der Waals surface area contributed by atoms with Gasteiger partial charge >= 0.3 is 0 Å². The Bertz CT molecular complexity index is 563. The van der Waals surface area contributed by atoms with E-state index < -0.39 is 0 Å². The molecule has 1 aromatic heterocycles. The third kappa shape index (κ3) is 3.06. The minimum absolute atomic E-state index is 0.133. The monoisotopic (exact) mass is 261 g/mol. The summed E-state index contributed by atoms with van der Waals surface area (Å²) >= 11 is 0. The van der Waals surface area contributed by atoms with Gasteiger partial charge in [0.1, 0.15) is 5.75 Å². The number of fused-ring (bicyclic) bond motifs is 1. The molecule has 0 unspecified atom stereocenters. The second kappa shape index (κ2) is 6.24. The van der Waals surface area contributed by atoms with Crippen molar-refractivity contribution in [1.29, 1.82) is 0 Å². The van der Waals surface area contributed by atoms with Gasteiger partial charge in [0, 0.05) is 24.5 Å². The summed E-state index contributed by atoms with van der Waals surface area (Å²) in [6.45, 7) is 3.41. The average Bonchev–Trinajstić information content (AvgIpc) is 2.83. The van der Waals surface area contributed by atoms with Crippen LogP contribution >= 0.6 is 0 Å². The molecular formula is C14H19N3O2. The Labute approximate surface area is 112 Å². The summed E-state index contributed by atoms with van der Waals surface area (Å²) in [6, 6.07) is 8.05. The number of aromatic nitrogens is 1. The van der Waals surface area contributed by atoms with Gasteiger partial charge in [-0.3, -0.25) is 10.2 Å². The fourth-order valence-corrected chi connectivity index (χ4v) is 2.15. The number of hydrogen-bond donors (Lipinski definition) is 2. The Kier molecular flexibility index (Phi) is 4.41. The number of nitrogens with zero attached hydrogens (tertiary/aromatic N) is 1. The first kappa shape index (κ1) is 13.4. The lowest BCUT2D eigenvalue weighted by Crippen LogP contribution is -2.29. The zero-order valence-electron chi connectivity index (χ0n) is 11.1. The van der Waals surface area contributed by atoms with Gasteiger partial charge < -0.3 is 9.30 Å². The first-order valence-corrected chi connectivity index (χ1v) is 6.46. The molecule has 3 N–H and O–H groups in total. The molecule has 2 aromatic rings. The summed E-state index contributed by atoms with van der Waals surface area (Å²) in [6.07, 6.45) is 3.21. The number of rotatable bonds is 6. The Morgan fingerprint density at radius 2 is 2.26 bits per heavy atom. The number of nitrogens with one attached hydrogen (secondary N) is 1. The molecule has 0 aliphatic rings. The molecule has 19 heavy (non-hydrogen) atoms. The number of hydrazine groups is 1. The van der Waals surface area contributed by atoms with Crippen LogP contribution in [0.3, 0.4) is 0 Å². The Morgan fingerprint density at radius 1 is 1.42 bits per heavy atom. The highest BCUT2D eigenvalue weighted by molar-refractivity contribution is 5.86. The Balaban J connectivity index is 2.12. The molecule has 1 heterocycles. The van der Waals surface area contributed by atoms with Gasteiger partial charge in [-0.15, -0.1) is 0 Å². The zero-order chi connectivity index (χ0) is 13.7. The third-order valence-corrected chi connectivity index (χ3v) is 3.04. The fraction of sp³-hybridized carbons (Fsp3) is 0.357. The molecule has 5 heteroatoms. The molecule has 0 spiro atoms. The van der Waals surface area contributed by atoms with Gasteiger partial charge in [-0.05, 0) is 31.5 Å². The molecule has 0 bridgehead atoms. The summed E-state index contributed by atoms with van der Waals surface area (Å²) in [5, 5.41) is 1.10. The van der Waals surface area contributed by atoms with Crippen LogP contribution in [0, 0.1) is 0 Å². The van der Waals surface area contributed by atoms with E-state index in [4.69, 9.17) is 10.6 Å². The molecule has 5 nitrogen and oxygen atoms in total. The number of nitrogens with two attached hydrogens (primary N) is 1. The molecule has 0 saturated carbocycles. The van der Waals surface area contributed by atoms with E-state index in [1.165, 1.54) is 0 Å². The van der Waals surface area contributed by atoms with Crippen LogP contribution in [0.4, 0.5) is 0 Å². The lowest BCUT2D eigenvalue weighted by atomic mass is 10.2. The van der Waals surface area contributed by atoms with Crippen molar-refractivity contribution in [3.63, 3.8) is 0 Å². The molecule has 0 atom stereocenters. The first-order valence-electron chi connectivity index (χ1n) is 6.46. The molecule has 0 radical (unpaired) electrons.